The number of carbonyl (C=O) groups excluding carboxylic acids is 3. The van der Waals surface area contributed by atoms with Gasteiger partial charge in [0.25, 0.3) is 0 Å². The van der Waals surface area contributed by atoms with Crippen LogP contribution in [0.4, 0.5) is 0 Å². The van der Waals surface area contributed by atoms with E-state index in [-0.39, 0.29) is 36.6 Å². The fourth-order valence-electron chi connectivity index (χ4n) is 1.82. The second kappa shape index (κ2) is 6.22. The first-order valence-electron chi connectivity index (χ1n) is 5.90. The minimum absolute atomic E-state index is 0.00524. The predicted molar refractivity (Wildman–Crippen MR) is 62.1 cm³/mol. The van der Waals surface area contributed by atoms with Gasteiger partial charge < -0.3 is 15.5 Å². The Bertz CT molecular complexity index is 317. The van der Waals surface area contributed by atoms with Gasteiger partial charge in [-0.05, 0) is 13.8 Å². The molecule has 0 saturated carbocycles. The minimum Gasteiger partial charge on any atom is -0.355 e. The third-order valence-corrected chi connectivity index (χ3v) is 2.76. The van der Waals surface area contributed by atoms with Crippen molar-refractivity contribution in [3.8, 4) is 0 Å². The van der Waals surface area contributed by atoms with Gasteiger partial charge in [-0.1, -0.05) is 0 Å². The van der Waals surface area contributed by atoms with Crippen LogP contribution in [0.3, 0.4) is 0 Å². The van der Waals surface area contributed by atoms with Gasteiger partial charge >= 0.3 is 0 Å². The van der Waals surface area contributed by atoms with Gasteiger partial charge in [-0.3, -0.25) is 14.4 Å². The monoisotopic (exact) mass is 241 g/mol. The zero-order valence-electron chi connectivity index (χ0n) is 10.3. The van der Waals surface area contributed by atoms with Gasteiger partial charge in [-0.25, -0.2) is 0 Å². The fourth-order valence-corrected chi connectivity index (χ4v) is 1.82. The summed E-state index contributed by atoms with van der Waals surface area (Å²) in [6, 6.07) is 0. The maximum absolute atomic E-state index is 11.7. The van der Waals surface area contributed by atoms with E-state index in [4.69, 9.17) is 0 Å². The fraction of sp³-hybridized carbons (Fsp3) is 0.727. The number of hydrogen-bond donors (Lipinski definition) is 2. The Morgan fingerprint density at radius 1 is 1.35 bits per heavy atom. The Hall–Kier alpha value is -1.59. The van der Waals surface area contributed by atoms with Crippen molar-refractivity contribution in [3.05, 3.63) is 0 Å². The van der Waals surface area contributed by atoms with Crippen LogP contribution in [0.1, 0.15) is 20.3 Å². The molecule has 0 aliphatic carbocycles. The summed E-state index contributed by atoms with van der Waals surface area (Å²) in [6.45, 7) is 5.29. The standard InChI is InChI=1S/C11H19N3O3/c1-3-12-9(15)6-13-11(17)8-5-10(16)14(4-2)7-8/h8H,3-7H2,1-2H3,(H,12,15)(H,13,17). The number of hydrogen-bond acceptors (Lipinski definition) is 3. The van der Waals surface area contributed by atoms with Gasteiger partial charge in [0.1, 0.15) is 0 Å². The van der Waals surface area contributed by atoms with Gasteiger partial charge in [0.2, 0.25) is 17.7 Å². The normalized spacial score (nSPS) is 19.3. The number of rotatable bonds is 5. The van der Waals surface area contributed by atoms with Crippen LogP contribution in [0.25, 0.3) is 0 Å². The highest BCUT2D eigenvalue weighted by atomic mass is 16.2. The van der Waals surface area contributed by atoms with E-state index < -0.39 is 0 Å². The molecular formula is C11H19N3O3. The molecule has 1 heterocycles. The third-order valence-electron chi connectivity index (χ3n) is 2.76. The molecule has 0 radical (unpaired) electrons. The molecule has 2 N–H and O–H groups in total. The molecule has 1 aliphatic heterocycles. The number of amides is 3. The van der Waals surface area contributed by atoms with Gasteiger partial charge in [0.15, 0.2) is 0 Å². The van der Waals surface area contributed by atoms with Crippen LogP contribution in [0.5, 0.6) is 0 Å². The Morgan fingerprint density at radius 2 is 2.06 bits per heavy atom. The number of likely N-dealkylation sites (N-methyl/N-ethyl adjacent to an activating group) is 1. The molecule has 0 aromatic carbocycles. The molecule has 3 amide bonds. The highest BCUT2D eigenvalue weighted by Crippen LogP contribution is 2.17. The van der Waals surface area contributed by atoms with Gasteiger partial charge in [0.05, 0.1) is 12.5 Å². The van der Waals surface area contributed by atoms with Crippen molar-refractivity contribution in [3.63, 3.8) is 0 Å². The summed E-state index contributed by atoms with van der Waals surface area (Å²) in [5, 5.41) is 5.13. The van der Waals surface area contributed by atoms with Crippen molar-refractivity contribution in [2.45, 2.75) is 20.3 Å². The van der Waals surface area contributed by atoms with Gasteiger partial charge in [-0.2, -0.15) is 0 Å². The van der Waals surface area contributed by atoms with Gasteiger partial charge in [0, 0.05) is 26.1 Å². The van der Waals surface area contributed by atoms with E-state index in [9.17, 15) is 14.4 Å². The van der Waals surface area contributed by atoms with Crippen molar-refractivity contribution < 1.29 is 14.4 Å². The lowest BCUT2D eigenvalue weighted by molar-refractivity contribution is -0.129. The molecule has 1 saturated heterocycles. The van der Waals surface area contributed by atoms with Crippen molar-refractivity contribution in [2.24, 2.45) is 5.92 Å². The SMILES string of the molecule is CCNC(=O)CNC(=O)C1CC(=O)N(CC)C1. The van der Waals surface area contributed by atoms with Crippen molar-refractivity contribution in [1.29, 1.82) is 0 Å². The molecule has 0 bridgehead atoms. The van der Waals surface area contributed by atoms with Crippen molar-refractivity contribution >= 4 is 17.7 Å². The van der Waals surface area contributed by atoms with E-state index in [2.05, 4.69) is 10.6 Å². The topological polar surface area (TPSA) is 78.5 Å². The lowest BCUT2D eigenvalue weighted by Crippen LogP contribution is -2.40. The summed E-state index contributed by atoms with van der Waals surface area (Å²) < 4.78 is 0. The van der Waals surface area contributed by atoms with Crippen LogP contribution >= 0.6 is 0 Å². The smallest absolute Gasteiger partial charge is 0.239 e. The second-order valence-electron chi connectivity index (χ2n) is 4.00. The first-order chi connectivity index (χ1) is 8.08. The zero-order valence-corrected chi connectivity index (χ0v) is 10.3. The van der Waals surface area contributed by atoms with E-state index >= 15 is 0 Å². The molecule has 6 nitrogen and oxygen atoms in total. The molecule has 0 aromatic rings. The first kappa shape index (κ1) is 13.5. The molecule has 0 aromatic heterocycles. The Morgan fingerprint density at radius 3 is 2.59 bits per heavy atom. The average Bonchev–Trinajstić information content (AvgIpc) is 2.68. The van der Waals surface area contributed by atoms with Gasteiger partial charge in [-0.15, -0.1) is 0 Å². The van der Waals surface area contributed by atoms with E-state index in [1.54, 1.807) is 4.90 Å². The lowest BCUT2D eigenvalue weighted by atomic mass is 10.1. The average molecular weight is 241 g/mol. The Labute approximate surface area is 101 Å². The number of likely N-dealkylation sites (tertiary alicyclic amines) is 1. The van der Waals surface area contributed by atoms with E-state index in [0.717, 1.165) is 0 Å². The minimum atomic E-state index is -0.322. The maximum Gasteiger partial charge on any atom is 0.239 e. The number of carbonyl (C=O) groups is 3. The van der Waals surface area contributed by atoms with E-state index in [1.165, 1.54) is 0 Å². The molecule has 1 rings (SSSR count). The maximum atomic E-state index is 11.7. The second-order valence-corrected chi connectivity index (χ2v) is 4.00. The first-order valence-corrected chi connectivity index (χ1v) is 5.90. The Balaban J connectivity index is 2.34. The summed E-state index contributed by atoms with van der Waals surface area (Å²) in [6.07, 6.45) is 0.245. The van der Waals surface area contributed by atoms with Crippen LogP contribution < -0.4 is 10.6 Å². The molecule has 96 valence electrons. The van der Waals surface area contributed by atoms with Crippen LogP contribution in [0.2, 0.25) is 0 Å². The summed E-state index contributed by atoms with van der Waals surface area (Å²) in [7, 11) is 0. The van der Waals surface area contributed by atoms with Crippen LogP contribution in [-0.4, -0.2) is 48.8 Å². The lowest BCUT2D eigenvalue weighted by Gasteiger charge is -2.13. The number of nitrogens with zero attached hydrogens (tertiary/aromatic N) is 1. The molecule has 1 fully saturated rings. The largest absolute Gasteiger partial charge is 0.355 e. The highest BCUT2D eigenvalue weighted by Gasteiger charge is 2.33. The van der Waals surface area contributed by atoms with E-state index in [0.29, 0.717) is 19.6 Å². The molecular weight excluding hydrogens is 222 g/mol. The molecule has 1 atom stereocenters. The zero-order chi connectivity index (χ0) is 12.8. The quantitative estimate of drug-likeness (QED) is 0.655. The predicted octanol–water partition coefficient (Wildman–Crippen LogP) is -0.893. The molecule has 1 aliphatic rings. The molecule has 17 heavy (non-hydrogen) atoms. The summed E-state index contributed by atoms with van der Waals surface area (Å²) in [5.74, 6) is -0.749. The summed E-state index contributed by atoms with van der Waals surface area (Å²) >= 11 is 0. The third kappa shape index (κ3) is 3.72. The van der Waals surface area contributed by atoms with Crippen LogP contribution in [0.15, 0.2) is 0 Å². The molecule has 1 unspecified atom stereocenters. The van der Waals surface area contributed by atoms with Crippen molar-refractivity contribution in [1.82, 2.24) is 15.5 Å². The highest BCUT2D eigenvalue weighted by molar-refractivity contribution is 5.91. The molecule has 6 heteroatoms. The van der Waals surface area contributed by atoms with Crippen LogP contribution in [-0.2, 0) is 14.4 Å². The van der Waals surface area contributed by atoms with Crippen LogP contribution in [0, 0.1) is 5.92 Å². The summed E-state index contributed by atoms with van der Waals surface area (Å²) in [5.41, 5.74) is 0. The summed E-state index contributed by atoms with van der Waals surface area (Å²) in [4.78, 5) is 35.9. The Kier molecular flexibility index (Phi) is 4.93. The number of nitrogens with one attached hydrogen (secondary N) is 2. The van der Waals surface area contributed by atoms with E-state index in [1.807, 2.05) is 13.8 Å². The molecule has 0 spiro atoms. The van der Waals surface area contributed by atoms with Crippen molar-refractivity contribution in [2.75, 3.05) is 26.2 Å².